The SMILES string of the molecule is CCC(=O)c1cc(-c2cc(/C=C3/SC(=O)NC3=O)ccc2OC(F)(F)F)c2c(c1)C(C)(C)CO2. The van der Waals surface area contributed by atoms with Gasteiger partial charge in [0.2, 0.25) is 0 Å². The Morgan fingerprint density at radius 1 is 1.21 bits per heavy atom. The second-order valence-electron chi connectivity index (χ2n) is 8.51. The molecule has 2 aromatic rings. The minimum Gasteiger partial charge on any atom is -0.492 e. The summed E-state index contributed by atoms with van der Waals surface area (Å²) in [5, 5.41) is 1.60. The molecule has 2 aliphatic heterocycles. The highest BCUT2D eigenvalue weighted by atomic mass is 32.2. The number of imide groups is 1. The van der Waals surface area contributed by atoms with E-state index in [0.717, 1.165) is 6.07 Å². The fourth-order valence-corrected chi connectivity index (χ4v) is 4.50. The van der Waals surface area contributed by atoms with Crippen LogP contribution in [-0.2, 0) is 10.2 Å². The lowest BCUT2D eigenvalue weighted by atomic mass is 9.83. The van der Waals surface area contributed by atoms with Crippen LogP contribution in [0.1, 0.15) is 48.7 Å². The van der Waals surface area contributed by atoms with E-state index >= 15 is 0 Å². The van der Waals surface area contributed by atoms with Crippen LogP contribution in [0.4, 0.5) is 18.0 Å². The van der Waals surface area contributed by atoms with Crippen LogP contribution in [0, 0.1) is 0 Å². The zero-order chi connectivity index (χ0) is 24.8. The van der Waals surface area contributed by atoms with E-state index in [2.05, 4.69) is 10.1 Å². The number of rotatable bonds is 5. The number of benzene rings is 2. The van der Waals surface area contributed by atoms with Crippen LogP contribution in [-0.4, -0.2) is 29.9 Å². The second-order valence-corrected chi connectivity index (χ2v) is 9.52. The first-order valence-corrected chi connectivity index (χ1v) is 11.2. The first-order valence-electron chi connectivity index (χ1n) is 10.4. The van der Waals surface area contributed by atoms with Gasteiger partial charge in [-0.2, -0.15) is 0 Å². The maximum atomic E-state index is 13.2. The molecule has 4 rings (SSSR count). The topological polar surface area (TPSA) is 81.7 Å². The van der Waals surface area contributed by atoms with Gasteiger partial charge in [0, 0.05) is 34.1 Å². The fraction of sp³-hybridized carbons (Fsp3) is 0.292. The summed E-state index contributed by atoms with van der Waals surface area (Å²) in [6, 6.07) is 7.12. The van der Waals surface area contributed by atoms with Crippen LogP contribution in [0.25, 0.3) is 17.2 Å². The largest absolute Gasteiger partial charge is 0.573 e. The van der Waals surface area contributed by atoms with Gasteiger partial charge in [0.1, 0.15) is 11.5 Å². The van der Waals surface area contributed by atoms with Gasteiger partial charge in [0.25, 0.3) is 11.1 Å². The van der Waals surface area contributed by atoms with Crippen LogP contribution in [0.5, 0.6) is 11.5 Å². The Morgan fingerprint density at radius 2 is 1.94 bits per heavy atom. The molecular formula is C24H20F3NO5S. The number of carbonyl (C=O) groups excluding carboxylic acids is 3. The van der Waals surface area contributed by atoms with Crippen molar-refractivity contribution in [3.63, 3.8) is 0 Å². The zero-order valence-corrected chi connectivity index (χ0v) is 19.3. The number of ether oxygens (including phenoxy) is 2. The van der Waals surface area contributed by atoms with Gasteiger partial charge in [-0.05, 0) is 47.7 Å². The monoisotopic (exact) mass is 491 g/mol. The average Bonchev–Trinajstić information content (AvgIpc) is 3.24. The summed E-state index contributed by atoms with van der Waals surface area (Å²) in [4.78, 5) is 36.0. The van der Waals surface area contributed by atoms with Crippen molar-refractivity contribution in [2.45, 2.75) is 39.0 Å². The first-order chi connectivity index (χ1) is 15.9. The van der Waals surface area contributed by atoms with Crippen molar-refractivity contribution in [2.75, 3.05) is 6.61 Å². The Morgan fingerprint density at radius 3 is 2.56 bits per heavy atom. The molecule has 1 fully saturated rings. The van der Waals surface area contributed by atoms with Gasteiger partial charge in [0.05, 0.1) is 11.5 Å². The minimum atomic E-state index is -4.96. The molecule has 0 aromatic heterocycles. The molecule has 6 nitrogen and oxygen atoms in total. The zero-order valence-electron chi connectivity index (χ0n) is 18.5. The molecule has 0 unspecified atom stereocenters. The smallest absolute Gasteiger partial charge is 0.492 e. The average molecular weight is 491 g/mol. The van der Waals surface area contributed by atoms with Gasteiger partial charge in [-0.3, -0.25) is 19.7 Å². The number of hydrogen-bond acceptors (Lipinski definition) is 6. The molecule has 0 radical (unpaired) electrons. The Bertz CT molecular complexity index is 1250. The van der Waals surface area contributed by atoms with E-state index in [1.54, 1.807) is 13.0 Å². The number of Topliss-reactive ketones (excluding diaryl/α,β-unsaturated/α-hetero) is 1. The van der Waals surface area contributed by atoms with Crippen LogP contribution < -0.4 is 14.8 Å². The number of carbonyl (C=O) groups is 3. The molecule has 2 aliphatic rings. The van der Waals surface area contributed by atoms with Crippen molar-refractivity contribution in [1.29, 1.82) is 0 Å². The van der Waals surface area contributed by atoms with Crippen molar-refractivity contribution in [1.82, 2.24) is 5.32 Å². The summed E-state index contributed by atoms with van der Waals surface area (Å²) in [6.07, 6.45) is -3.34. The van der Waals surface area contributed by atoms with E-state index in [1.807, 2.05) is 13.8 Å². The second kappa shape index (κ2) is 8.50. The van der Waals surface area contributed by atoms with E-state index in [0.29, 0.717) is 34.2 Å². The van der Waals surface area contributed by atoms with Crippen LogP contribution in [0.2, 0.25) is 0 Å². The van der Waals surface area contributed by atoms with Crippen LogP contribution >= 0.6 is 11.8 Å². The van der Waals surface area contributed by atoms with Crippen molar-refractivity contribution >= 4 is 34.8 Å². The third kappa shape index (κ3) is 4.68. The number of halogens is 3. The first kappa shape index (κ1) is 23.9. The standard InChI is InChI=1S/C24H20F3NO5S/c1-4-17(29)13-9-15(20-16(10-13)23(2,3)11-32-20)14-7-12(5-6-18(14)33-24(25,26)27)8-19-21(30)28-22(31)34-19/h5-10H,4,11H2,1-3H3,(H,28,30,31)/b19-8+. The van der Waals surface area contributed by atoms with Gasteiger partial charge < -0.3 is 9.47 Å². The normalized spacial score (nSPS) is 18.0. The third-order valence-corrected chi connectivity index (χ3v) is 6.31. The summed E-state index contributed by atoms with van der Waals surface area (Å²) in [7, 11) is 0. The van der Waals surface area contributed by atoms with Gasteiger partial charge >= 0.3 is 6.36 Å². The maximum Gasteiger partial charge on any atom is 0.573 e. The number of alkyl halides is 3. The minimum absolute atomic E-state index is 0.0427. The summed E-state index contributed by atoms with van der Waals surface area (Å²) in [5.41, 5.74) is 1.29. The van der Waals surface area contributed by atoms with Crippen molar-refractivity contribution < 1.29 is 37.0 Å². The summed E-state index contributed by atoms with van der Waals surface area (Å²) < 4.78 is 49.8. The predicted octanol–water partition coefficient (Wildman–Crippen LogP) is 5.84. The van der Waals surface area contributed by atoms with E-state index in [-0.39, 0.29) is 34.8 Å². The Kier molecular flexibility index (Phi) is 5.97. The van der Waals surface area contributed by atoms with Crippen molar-refractivity contribution in [3.8, 4) is 22.6 Å². The summed E-state index contributed by atoms with van der Waals surface area (Å²) in [5.74, 6) is -0.863. The molecule has 34 heavy (non-hydrogen) atoms. The summed E-state index contributed by atoms with van der Waals surface area (Å²) in [6.45, 7) is 5.83. The molecule has 0 aliphatic carbocycles. The summed E-state index contributed by atoms with van der Waals surface area (Å²) >= 11 is 0.694. The Labute approximate surface area is 197 Å². The van der Waals surface area contributed by atoms with Crippen molar-refractivity contribution in [3.05, 3.63) is 51.9 Å². The quantitative estimate of drug-likeness (QED) is 0.418. The molecule has 178 valence electrons. The third-order valence-electron chi connectivity index (χ3n) is 5.50. The van der Waals surface area contributed by atoms with E-state index < -0.39 is 28.7 Å². The van der Waals surface area contributed by atoms with E-state index in [4.69, 9.17) is 4.74 Å². The lowest BCUT2D eigenvalue weighted by molar-refractivity contribution is -0.274. The van der Waals surface area contributed by atoms with Crippen LogP contribution in [0.3, 0.4) is 0 Å². The molecule has 2 amide bonds. The number of amides is 2. The molecule has 1 saturated heterocycles. The molecular weight excluding hydrogens is 471 g/mol. The highest BCUT2D eigenvalue weighted by Gasteiger charge is 2.37. The van der Waals surface area contributed by atoms with Gasteiger partial charge in [-0.15, -0.1) is 13.2 Å². The highest BCUT2D eigenvalue weighted by molar-refractivity contribution is 8.18. The predicted molar refractivity (Wildman–Crippen MR) is 121 cm³/mol. The van der Waals surface area contributed by atoms with Crippen molar-refractivity contribution in [2.24, 2.45) is 0 Å². The number of fused-ring (bicyclic) bond motifs is 1. The molecule has 10 heteroatoms. The van der Waals surface area contributed by atoms with Gasteiger partial charge in [-0.25, -0.2) is 0 Å². The number of thioether (sulfide) groups is 1. The Hall–Kier alpha value is -3.27. The van der Waals surface area contributed by atoms with E-state index in [9.17, 15) is 27.6 Å². The lowest BCUT2D eigenvalue weighted by Crippen LogP contribution is -2.18. The highest BCUT2D eigenvalue weighted by Crippen LogP contribution is 2.48. The van der Waals surface area contributed by atoms with Gasteiger partial charge in [-0.1, -0.05) is 26.8 Å². The Balaban J connectivity index is 1.94. The molecule has 2 aromatic carbocycles. The number of nitrogens with one attached hydrogen (secondary N) is 1. The number of hydrogen-bond donors (Lipinski definition) is 1. The molecule has 0 spiro atoms. The molecule has 2 heterocycles. The van der Waals surface area contributed by atoms with E-state index in [1.165, 1.54) is 24.3 Å². The molecule has 0 atom stereocenters. The fourth-order valence-electron chi connectivity index (χ4n) is 3.82. The lowest BCUT2D eigenvalue weighted by Gasteiger charge is -2.19. The molecule has 0 bridgehead atoms. The maximum absolute atomic E-state index is 13.2. The number of ketones is 1. The van der Waals surface area contributed by atoms with Crippen LogP contribution in [0.15, 0.2) is 35.2 Å². The van der Waals surface area contributed by atoms with Gasteiger partial charge in [0.15, 0.2) is 5.78 Å². The molecule has 1 N–H and O–H groups in total. The molecule has 0 saturated carbocycles.